The third kappa shape index (κ3) is 4.93. The first-order valence-electron chi connectivity index (χ1n) is 6.58. The van der Waals surface area contributed by atoms with Gasteiger partial charge in [0.25, 0.3) is 5.91 Å². The molecule has 21 heavy (non-hydrogen) atoms. The normalized spacial score (nSPS) is 14.6. The summed E-state index contributed by atoms with van der Waals surface area (Å²) in [5.41, 5.74) is 4.67. The van der Waals surface area contributed by atoms with Crippen molar-refractivity contribution < 1.29 is 22.7 Å². The summed E-state index contributed by atoms with van der Waals surface area (Å²) in [5.74, 6) is -0.457. The van der Waals surface area contributed by atoms with Crippen LogP contribution in [0.5, 0.6) is 0 Å². The van der Waals surface area contributed by atoms with Gasteiger partial charge < -0.3 is 15.8 Å². The number of alkyl halides is 3. The van der Waals surface area contributed by atoms with E-state index in [9.17, 15) is 18.0 Å². The average molecular weight is 304 g/mol. The smallest absolute Gasteiger partial charge is 0.397 e. The van der Waals surface area contributed by atoms with Crippen LogP contribution in [-0.4, -0.2) is 18.1 Å². The Labute approximate surface area is 121 Å². The second kappa shape index (κ2) is 6.80. The SMILES string of the molecule is CCC(C)OC(C)C(=O)Nc1ccc(C(F)(F)F)cc1N. The molecule has 0 bridgehead atoms. The third-order valence-corrected chi connectivity index (χ3v) is 3.02. The first kappa shape index (κ1) is 17.3. The molecular weight excluding hydrogens is 285 g/mol. The van der Waals surface area contributed by atoms with E-state index < -0.39 is 23.8 Å². The Morgan fingerprint density at radius 2 is 2.00 bits per heavy atom. The highest BCUT2D eigenvalue weighted by Crippen LogP contribution is 2.32. The number of halogens is 3. The summed E-state index contributed by atoms with van der Waals surface area (Å²) in [4.78, 5) is 11.9. The fourth-order valence-electron chi connectivity index (χ4n) is 1.59. The molecule has 118 valence electrons. The molecule has 0 aromatic heterocycles. The van der Waals surface area contributed by atoms with E-state index >= 15 is 0 Å². The maximum Gasteiger partial charge on any atom is 0.416 e. The summed E-state index contributed by atoms with van der Waals surface area (Å²) in [5, 5.41) is 2.46. The number of carbonyl (C=O) groups is 1. The van der Waals surface area contributed by atoms with Crippen LogP contribution in [0.1, 0.15) is 32.8 Å². The highest BCUT2D eigenvalue weighted by atomic mass is 19.4. The summed E-state index contributed by atoms with van der Waals surface area (Å²) in [6.07, 6.45) is -4.53. The van der Waals surface area contributed by atoms with Crippen molar-refractivity contribution in [3.63, 3.8) is 0 Å². The van der Waals surface area contributed by atoms with E-state index in [1.807, 2.05) is 13.8 Å². The molecule has 3 N–H and O–H groups in total. The van der Waals surface area contributed by atoms with Gasteiger partial charge in [-0.1, -0.05) is 6.92 Å². The van der Waals surface area contributed by atoms with Gasteiger partial charge in [0.2, 0.25) is 0 Å². The number of nitrogen functional groups attached to an aromatic ring is 1. The molecule has 1 rings (SSSR count). The van der Waals surface area contributed by atoms with Gasteiger partial charge in [0.15, 0.2) is 0 Å². The standard InChI is InChI=1S/C14H19F3N2O2/c1-4-8(2)21-9(3)13(20)19-12-6-5-10(7-11(12)18)14(15,16)17/h5-9H,4,18H2,1-3H3,(H,19,20). The van der Waals surface area contributed by atoms with Crippen LogP contribution in [-0.2, 0) is 15.7 Å². The minimum Gasteiger partial charge on any atom is -0.397 e. The summed E-state index contributed by atoms with van der Waals surface area (Å²) < 4.78 is 42.9. The van der Waals surface area contributed by atoms with Crippen LogP contribution in [0, 0.1) is 0 Å². The quantitative estimate of drug-likeness (QED) is 0.819. The number of ether oxygens (including phenoxy) is 1. The van der Waals surface area contributed by atoms with Crippen LogP contribution in [0.4, 0.5) is 24.5 Å². The molecule has 0 radical (unpaired) electrons. The average Bonchev–Trinajstić information content (AvgIpc) is 2.39. The van der Waals surface area contributed by atoms with Crippen molar-refractivity contribution in [2.75, 3.05) is 11.1 Å². The lowest BCUT2D eigenvalue weighted by atomic mass is 10.1. The Balaban J connectivity index is 2.77. The van der Waals surface area contributed by atoms with Gasteiger partial charge in [-0.3, -0.25) is 4.79 Å². The molecule has 2 unspecified atom stereocenters. The molecule has 4 nitrogen and oxygen atoms in total. The Hall–Kier alpha value is -1.76. The number of amides is 1. The van der Waals surface area contributed by atoms with Crippen LogP contribution >= 0.6 is 0 Å². The first-order chi connectivity index (χ1) is 9.65. The lowest BCUT2D eigenvalue weighted by Gasteiger charge is -2.18. The lowest BCUT2D eigenvalue weighted by molar-refractivity contribution is -0.137. The van der Waals surface area contributed by atoms with Crippen molar-refractivity contribution in [3.8, 4) is 0 Å². The molecule has 7 heteroatoms. The maximum absolute atomic E-state index is 12.5. The van der Waals surface area contributed by atoms with Crippen molar-refractivity contribution in [1.82, 2.24) is 0 Å². The van der Waals surface area contributed by atoms with Gasteiger partial charge in [-0.15, -0.1) is 0 Å². The van der Waals surface area contributed by atoms with Crippen molar-refractivity contribution in [2.45, 2.75) is 45.6 Å². The van der Waals surface area contributed by atoms with Crippen molar-refractivity contribution >= 4 is 17.3 Å². The fourth-order valence-corrected chi connectivity index (χ4v) is 1.59. The van der Waals surface area contributed by atoms with Crippen molar-refractivity contribution in [3.05, 3.63) is 23.8 Å². The minimum atomic E-state index is -4.47. The maximum atomic E-state index is 12.5. The van der Waals surface area contributed by atoms with E-state index in [1.54, 1.807) is 6.92 Å². The number of hydrogen-bond donors (Lipinski definition) is 2. The predicted octanol–water partition coefficient (Wildman–Crippen LogP) is 3.43. The van der Waals surface area contributed by atoms with E-state index in [2.05, 4.69) is 5.32 Å². The highest BCUT2D eigenvalue weighted by molar-refractivity contribution is 5.96. The van der Waals surface area contributed by atoms with Crippen molar-refractivity contribution in [1.29, 1.82) is 0 Å². The van der Waals surface area contributed by atoms with Gasteiger partial charge in [0.1, 0.15) is 6.10 Å². The Bertz CT molecular complexity index is 503. The van der Waals surface area contributed by atoms with Crippen LogP contribution in [0.25, 0.3) is 0 Å². The fraction of sp³-hybridized carbons (Fsp3) is 0.500. The Kier molecular flexibility index (Phi) is 5.60. The number of carbonyl (C=O) groups excluding carboxylic acids is 1. The van der Waals surface area contributed by atoms with E-state index in [-0.39, 0.29) is 17.5 Å². The van der Waals surface area contributed by atoms with Crippen LogP contribution in [0.2, 0.25) is 0 Å². The molecule has 0 saturated heterocycles. The zero-order valence-corrected chi connectivity index (χ0v) is 12.1. The largest absolute Gasteiger partial charge is 0.416 e. The van der Waals surface area contributed by atoms with Gasteiger partial charge in [0, 0.05) is 0 Å². The molecule has 0 fully saturated rings. The zero-order chi connectivity index (χ0) is 16.2. The molecule has 0 aliphatic carbocycles. The lowest BCUT2D eigenvalue weighted by Crippen LogP contribution is -2.30. The molecule has 0 aliphatic rings. The molecule has 1 aromatic carbocycles. The highest BCUT2D eigenvalue weighted by Gasteiger charge is 2.31. The topological polar surface area (TPSA) is 64.3 Å². The van der Waals surface area contributed by atoms with E-state index in [0.717, 1.165) is 24.6 Å². The van der Waals surface area contributed by atoms with Crippen LogP contribution in [0.3, 0.4) is 0 Å². The second-order valence-electron chi connectivity index (χ2n) is 4.79. The molecule has 1 amide bonds. The number of nitrogens with one attached hydrogen (secondary N) is 1. The molecule has 0 aliphatic heterocycles. The number of benzene rings is 1. The van der Waals surface area contributed by atoms with Crippen LogP contribution < -0.4 is 11.1 Å². The van der Waals surface area contributed by atoms with E-state index in [4.69, 9.17) is 10.5 Å². The number of anilines is 2. The van der Waals surface area contributed by atoms with Gasteiger partial charge in [0.05, 0.1) is 23.0 Å². The van der Waals surface area contributed by atoms with Gasteiger partial charge in [-0.2, -0.15) is 13.2 Å². The minimum absolute atomic E-state index is 0.0873. The summed E-state index contributed by atoms with van der Waals surface area (Å²) in [6.45, 7) is 5.32. The number of rotatable bonds is 5. The van der Waals surface area contributed by atoms with Gasteiger partial charge in [-0.05, 0) is 38.5 Å². The van der Waals surface area contributed by atoms with Crippen molar-refractivity contribution in [2.24, 2.45) is 0 Å². The molecule has 0 heterocycles. The van der Waals surface area contributed by atoms with E-state index in [1.165, 1.54) is 0 Å². The molecule has 0 spiro atoms. The summed E-state index contributed by atoms with van der Waals surface area (Å²) >= 11 is 0. The molecule has 2 atom stereocenters. The zero-order valence-electron chi connectivity index (χ0n) is 12.1. The van der Waals surface area contributed by atoms with E-state index in [0.29, 0.717) is 0 Å². The second-order valence-corrected chi connectivity index (χ2v) is 4.79. The van der Waals surface area contributed by atoms with Gasteiger partial charge in [-0.25, -0.2) is 0 Å². The number of nitrogens with two attached hydrogens (primary N) is 1. The van der Waals surface area contributed by atoms with Gasteiger partial charge >= 0.3 is 6.18 Å². The Morgan fingerprint density at radius 3 is 2.48 bits per heavy atom. The monoisotopic (exact) mass is 304 g/mol. The molecule has 1 aromatic rings. The number of hydrogen-bond acceptors (Lipinski definition) is 3. The first-order valence-corrected chi connectivity index (χ1v) is 6.58. The third-order valence-electron chi connectivity index (χ3n) is 3.02. The predicted molar refractivity (Wildman–Crippen MR) is 74.8 cm³/mol. The van der Waals surface area contributed by atoms with Crippen LogP contribution in [0.15, 0.2) is 18.2 Å². The Morgan fingerprint density at radius 1 is 1.38 bits per heavy atom. The summed E-state index contributed by atoms with van der Waals surface area (Å²) in [7, 11) is 0. The molecule has 0 saturated carbocycles. The summed E-state index contributed by atoms with van der Waals surface area (Å²) in [6, 6.07) is 2.79. The molecular formula is C14H19F3N2O2.